The Bertz CT molecular complexity index is 1110. The molecule has 1 amide bonds. The Morgan fingerprint density at radius 3 is 2.83 bits per heavy atom. The highest BCUT2D eigenvalue weighted by Gasteiger charge is 2.26. The first-order valence-electron chi connectivity index (χ1n) is 9.35. The Morgan fingerprint density at radius 2 is 2.07 bits per heavy atom. The van der Waals surface area contributed by atoms with Crippen molar-refractivity contribution in [2.75, 3.05) is 13.2 Å². The van der Waals surface area contributed by atoms with E-state index in [9.17, 15) is 18.4 Å². The van der Waals surface area contributed by atoms with Gasteiger partial charge in [0, 0.05) is 19.2 Å². The van der Waals surface area contributed by atoms with E-state index in [1.807, 2.05) is 0 Å². The topological polar surface area (TPSA) is 75.3 Å². The quantitative estimate of drug-likeness (QED) is 0.716. The molecule has 0 unspecified atom stereocenters. The molecule has 1 fully saturated rings. The zero-order chi connectivity index (χ0) is 20.4. The molecule has 1 N–H and O–H groups in total. The number of amides is 1. The number of rotatable bonds is 5. The van der Waals surface area contributed by atoms with Gasteiger partial charge in [0.25, 0.3) is 11.5 Å². The van der Waals surface area contributed by atoms with Gasteiger partial charge in [-0.1, -0.05) is 12.1 Å². The van der Waals surface area contributed by atoms with Gasteiger partial charge in [-0.3, -0.25) is 9.59 Å². The highest BCUT2D eigenvalue weighted by molar-refractivity contribution is 5.94. The predicted molar refractivity (Wildman–Crippen MR) is 102 cm³/mol. The number of fused-ring (bicyclic) bond motifs is 1. The molecule has 2 heterocycles. The Labute approximate surface area is 165 Å². The summed E-state index contributed by atoms with van der Waals surface area (Å²) in [6.07, 6.45) is 1.47. The molecule has 29 heavy (non-hydrogen) atoms. The van der Waals surface area contributed by atoms with Crippen LogP contribution in [-0.2, 0) is 11.3 Å². The van der Waals surface area contributed by atoms with Crippen molar-refractivity contribution in [1.29, 1.82) is 0 Å². The van der Waals surface area contributed by atoms with Crippen LogP contribution in [0.4, 0.5) is 8.78 Å². The maximum atomic E-state index is 14.2. The molecule has 8 heteroatoms. The predicted octanol–water partition coefficient (Wildman–Crippen LogP) is 3.02. The number of nitrogens with zero attached hydrogens (tertiary/aromatic N) is 2. The van der Waals surface area contributed by atoms with Gasteiger partial charge in [0.2, 0.25) is 0 Å². The molecule has 150 valence electrons. The zero-order valence-corrected chi connectivity index (χ0v) is 15.5. The third kappa shape index (κ3) is 4.17. The standard InChI is InChI=1S/C21H19F2N3O3/c22-13-7-8-15(17(23)10-13)21(28)26(11-14-4-3-9-29-14)12-19-24-18-6-2-1-5-16(18)20(27)25-19/h1-2,5-8,10,14H,3-4,9,11-12H2,(H,24,25,27)/t14-/m1/s1. The van der Waals surface area contributed by atoms with Crippen molar-refractivity contribution in [3.63, 3.8) is 0 Å². The average Bonchev–Trinajstić information content (AvgIpc) is 3.20. The van der Waals surface area contributed by atoms with Gasteiger partial charge < -0.3 is 14.6 Å². The van der Waals surface area contributed by atoms with Crippen LogP contribution in [0.5, 0.6) is 0 Å². The van der Waals surface area contributed by atoms with Crippen LogP contribution in [-0.4, -0.2) is 40.0 Å². The van der Waals surface area contributed by atoms with Gasteiger partial charge in [0.15, 0.2) is 0 Å². The first-order chi connectivity index (χ1) is 14.0. The molecule has 1 aliphatic rings. The summed E-state index contributed by atoms with van der Waals surface area (Å²) in [5.41, 5.74) is -0.0562. The summed E-state index contributed by atoms with van der Waals surface area (Å²) in [6, 6.07) is 9.70. The van der Waals surface area contributed by atoms with Crippen molar-refractivity contribution in [1.82, 2.24) is 14.9 Å². The minimum atomic E-state index is -0.938. The summed E-state index contributed by atoms with van der Waals surface area (Å²) in [6.45, 7) is 0.782. The van der Waals surface area contributed by atoms with Gasteiger partial charge >= 0.3 is 0 Å². The number of halogens is 2. The molecule has 1 aromatic heterocycles. The first kappa shape index (κ1) is 19.2. The van der Waals surface area contributed by atoms with E-state index in [0.717, 1.165) is 25.0 Å². The van der Waals surface area contributed by atoms with Crippen LogP contribution >= 0.6 is 0 Å². The second-order valence-electron chi connectivity index (χ2n) is 6.97. The van der Waals surface area contributed by atoms with Crippen LogP contribution in [0.2, 0.25) is 0 Å². The van der Waals surface area contributed by atoms with E-state index >= 15 is 0 Å². The fraction of sp³-hybridized carbons (Fsp3) is 0.286. The van der Waals surface area contributed by atoms with Crippen LogP contribution in [0, 0.1) is 11.6 Å². The molecule has 6 nitrogen and oxygen atoms in total. The third-order valence-electron chi connectivity index (χ3n) is 4.90. The summed E-state index contributed by atoms with van der Waals surface area (Å²) in [5.74, 6) is -2.03. The van der Waals surface area contributed by atoms with Gasteiger partial charge in [0.05, 0.1) is 29.1 Å². The van der Waals surface area contributed by atoms with Gasteiger partial charge in [0.1, 0.15) is 17.5 Å². The second-order valence-corrected chi connectivity index (χ2v) is 6.97. The van der Waals surface area contributed by atoms with E-state index in [-0.39, 0.29) is 36.1 Å². The highest BCUT2D eigenvalue weighted by atomic mass is 19.1. The lowest BCUT2D eigenvalue weighted by atomic mass is 10.1. The Kier molecular flexibility index (Phi) is 5.35. The van der Waals surface area contributed by atoms with Gasteiger partial charge in [-0.25, -0.2) is 13.8 Å². The van der Waals surface area contributed by atoms with Crippen LogP contribution < -0.4 is 5.56 Å². The number of ether oxygens (including phenoxy) is 1. The number of nitrogens with one attached hydrogen (secondary N) is 1. The minimum absolute atomic E-state index is 0.0322. The summed E-state index contributed by atoms with van der Waals surface area (Å²) < 4.78 is 33.0. The number of hydrogen-bond acceptors (Lipinski definition) is 4. The molecule has 4 rings (SSSR count). The number of para-hydroxylation sites is 1. The minimum Gasteiger partial charge on any atom is -0.376 e. The molecule has 0 radical (unpaired) electrons. The molecule has 0 saturated carbocycles. The molecule has 0 aliphatic carbocycles. The van der Waals surface area contributed by atoms with Crippen LogP contribution in [0.1, 0.15) is 29.0 Å². The second kappa shape index (κ2) is 8.08. The summed E-state index contributed by atoms with van der Waals surface area (Å²) in [4.78, 5) is 33.8. The molecule has 0 spiro atoms. The van der Waals surface area contributed by atoms with Crippen LogP contribution in [0.15, 0.2) is 47.3 Å². The zero-order valence-electron chi connectivity index (χ0n) is 15.5. The maximum absolute atomic E-state index is 14.2. The van der Waals surface area contributed by atoms with Crippen molar-refractivity contribution in [3.8, 4) is 0 Å². The van der Waals surface area contributed by atoms with Gasteiger partial charge in [-0.15, -0.1) is 0 Å². The lowest BCUT2D eigenvalue weighted by Crippen LogP contribution is -2.38. The van der Waals surface area contributed by atoms with Crippen molar-refractivity contribution < 1.29 is 18.3 Å². The molecule has 3 aromatic rings. The average molecular weight is 399 g/mol. The number of carbonyl (C=O) groups is 1. The molecule has 1 saturated heterocycles. The normalized spacial score (nSPS) is 16.3. The Balaban J connectivity index is 1.67. The van der Waals surface area contributed by atoms with Gasteiger partial charge in [-0.2, -0.15) is 0 Å². The lowest BCUT2D eigenvalue weighted by Gasteiger charge is -2.25. The van der Waals surface area contributed by atoms with Crippen molar-refractivity contribution in [3.05, 3.63) is 75.8 Å². The Morgan fingerprint density at radius 1 is 1.24 bits per heavy atom. The number of carbonyl (C=O) groups excluding carboxylic acids is 1. The monoisotopic (exact) mass is 399 g/mol. The summed E-state index contributed by atoms with van der Waals surface area (Å²) in [7, 11) is 0. The van der Waals surface area contributed by atoms with Crippen molar-refractivity contribution in [2.45, 2.75) is 25.5 Å². The van der Waals surface area contributed by atoms with Crippen molar-refractivity contribution in [2.24, 2.45) is 0 Å². The summed E-state index contributed by atoms with van der Waals surface area (Å²) >= 11 is 0. The van der Waals surface area contributed by atoms with E-state index in [1.54, 1.807) is 24.3 Å². The fourth-order valence-corrected chi connectivity index (χ4v) is 3.48. The lowest BCUT2D eigenvalue weighted by molar-refractivity contribution is 0.0497. The summed E-state index contributed by atoms with van der Waals surface area (Å²) in [5, 5.41) is 0.442. The Hall–Kier alpha value is -3.13. The van der Waals surface area contributed by atoms with E-state index in [4.69, 9.17) is 4.74 Å². The fourth-order valence-electron chi connectivity index (χ4n) is 3.48. The van der Waals surface area contributed by atoms with Gasteiger partial charge in [-0.05, 0) is 37.1 Å². The van der Waals surface area contributed by atoms with E-state index < -0.39 is 17.5 Å². The smallest absolute Gasteiger partial charge is 0.258 e. The molecule has 1 atom stereocenters. The number of aromatic nitrogens is 2. The first-order valence-corrected chi connectivity index (χ1v) is 9.35. The van der Waals surface area contributed by atoms with E-state index in [1.165, 1.54) is 4.90 Å². The molecule has 1 aliphatic heterocycles. The van der Waals surface area contributed by atoms with Crippen LogP contribution in [0.25, 0.3) is 10.9 Å². The van der Waals surface area contributed by atoms with Crippen molar-refractivity contribution >= 4 is 16.8 Å². The highest BCUT2D eigenvalue weighted by Crippen LogP contribution is 2.19. The largest absolute Gasteiger partial charge is 0.376 e. The van der Waals surface area contributed by atoms with E-state index in [0.29, 0.717) is 23.6 Å². The molecular formula is C21H19F2N3O3. The number of H-pyrrole nitrogens is 1. The van der Waals surface area contributed by atoms with Crippen LogP contribution in [0.3, 0.4) is 0 Å². The third-order valence-corrected chi connectivity index (χ3v) is 4.90. The maximum Gasteiger partial charge on any atom is 0.258 e. The number of hydrogen-bond donors (Lipinski definition) is 1. The van der Waals surface area contributed by atoms with E-state index in [2.05, 4.69) is 9.97 Å². The molecule has 2 aromatic carbocycles. The molecule has 0 bridgehead atoms. The number of benzene rings is 2. The number of aromatic amines is 1. The SMILES string of the molecule is O=C(c1ccc(F)cc1F)N(Cc1nc2ccccc2c(=O)[nH]1)C[C@H]1CCCO1. The molecular weight excluding hydrogens is 380 g/mol.